The zero-order chi connectivity index (χ0) is 13.9. The van der Waals surface area contributed by atoms with Gasteiger partial charge in [-0.05, 0) is 42.4 Å². The quantitative estimate of drug-likeness (QED) is 0.886. The lowest BCUT2D eigenvalue weighted by Gasteiger charge is -2.09. The smallest absolute Gasteiger partial charge is 0.371 e. The van der Waals surface area contributed by atoms with Crippen LogP contribution in [0.5, 0.6) is 0 Å². The van der Waals surface area contributed by atoms with Crippen LogP contribution in [0.2, 0.25) is 0 Å². The average Bonchev–Trinajstić information content (AvgIpc) is 3.06. The molecule has 5 heteroatoms. The summed E-state index contributed by atoms with van der Waals surface area (Å²) in [6, 6.07) is 7.38. The van der Waals surface area contributed by atoms with Gasteiger partial charge < -0.3 is 14.8 Å². The Labute approximate surface area is 121 Å². The fourth-order valence-corrected chi connectivity index (χ4v) is 3.73. The van der Waals surface area contributed by atoms with Crippen molar-refractivity contribution < 1.29 is 14.3 Å². The minimum atomic E-state index is -1.03. The Kier molecular flexibility index (Phi) is 3.98. The molecule has 1 aromatic carbocycles. The van der Waals surface area contributed by atoms with Crippen molar-refractivity contribution in [3.8, 4) is 0 Å². The van der Waals surface area contributed by atoms with Gasteiger partial charge in [-0.1, -0.05) is 6.07 Å². The molecule has 0 saturated carbocycles. The van der Waals surface area contributed by atoms with Gasteiger partial charge in [-0.25, -0.2) is 4.79 Å². The minimum Gasteiger partial charge on any atom is -0.475 e. The van der Waals surface area contributed by atoms with E-state index in [0.717, 1.165) is 29.3 Å². The summed E-state index contributed by atoms with van der Waals surface area (Å²) in [6.07, 6.45) is 2.64. The van der Waals surface area contributed by atoms with E-state index >= 15 is 0 Å². The molecule has 0 bridgehead atoms. The Morgan fingerprint density at radius 1 is 1.45 bits per heavy atom. The van der Waals surface area contributed by atoms with Crippen molar-refractivity contribution in [3.05, 3.63) is 35.6 Å². The molecule has 1 saturated heterocycles. The van der Waals surface area contributed by atoms with Crippen LogP contribution < -0.4 is 5.32 Å². The molecule has 1 aliphatic heterocycles. The number of nitrogens with one attached hydrogen (secondary N) is 1. The fourth-order valence-electron chi connectivity index (χ4n) is 2.49. The van der Waals surface area contributed by atoms with Crippen molar-refractivity contribution in [3.63, 3.8) is 0 Å². The predicted octanol–water partition coefficient (Wildman–Crippen LogP) is 3.12. The molecule has 1 aliphatic rings. The summed E-state index contributed by atoms with van der Waals surface area (Å²) in [5, 5.41) is 14.0. The first-order valence-corrected chi connectivity index (χ1v) is 7.85. The molecule has 106 valence electrons. The highest BCUT2D eigenvalue weighted by Crippen LogP contribution is 2.25. The van der Waals surface area contributed by atoms with Gasteiger partial charge in [0, 0.05) is 23.7 Å². The van der Waals surface area contributed by atoms with E-state index < -0.39 is 5.97 Å². The fraction of sp³-hybridized carbons (Fsp3) is 0.400. The summed E-state index contributed by atoms with van der Waals surface area (Å²) in [5.74, 6) is 0.247. The van der Waals surface area contributed by atoms with Gasteiger partial charge in [0.1, 0.15) is 5.58 Å². The molecular formula is C15H17NO3S. The van der Waals surface area contributed by atoms with Gasteiger partial charge in [-0.15, -0.1) is 0 Å². The number of benzene rings is 1. The van der Waals surface area contributed by atoms with Crippen molar-refractivity contribution in [2.75, 3.05) is 12.3 Å². The molecular weight excluding hydrogens is 274 g/mol. The minimum absolute atomic E-state index is 0.00698. The molecule has 1 atom stereocenters. The Hall–Kier alpha value is -1.46. The maximum Gasteiger partial charge on any atom is 0.371 e. The number of fused-ring (bicyclic) bond motifs is 1. The van der Waals surface area contributed by atoms with Crippen molar-refractivity contribution in [1.29, 1.82) is 0 Å². The highest BCUT2D eigenvalue weighted by molar-refractivity contribution is 8.00. The number of thioether (sulfide) groups is 1. The molecule has 0 spiro atoms. The second kappa shape index (κ2) is 5.89. The SMILES string of the molecule is O=C(O)c1cc2cc(CNCC3CCCS3)ccc2o1. The van der Waals surface area contributed by atoms with Crippen molar-refractivity contribution in [2.24, 2.45) is 0 Å². The van der Waals surface area contributed by atoms with Crippen LogP contribution in [-0.2, 0) is 6.54 Å². The summed E-state index contributed by atoms with van der Waals surface area (Å²) in [4.78, 5) is 10.9. The summed E-state index contributed by atoms with van der Waals surface area (Å²) in [7, 11) is 0. The molecule has 0 aliphatic carbocycles. The maximum absolute atomic E-state index is 10.9. The molecule has 2 heterocycles. The zero-order valence-electron chi connectivity index (χ0n) is 11.1. The van der Waals surface area contributed by atoms with Crippen molar-refractivity contribution in [2.45, 2.75) is 24.6 Å². The van der Waals surface area contributed by atoms with Gasteiger partial charge in [0.15, 0.2) is 0 Å². The first kappa shape index (κ1) is 13.5. The number of carboxylic acid groups (broad SMARTS) is 1. The number of hydrogen-bond donors (Lipinski definition) is 2. The zero-order valence-corrected chi connectivity index (χ0v) is 11.9. The predicted molar refractivity (Wildman–Crippen MR) is 80.4 cm³/mol. The van der Waals surface area contributed by atoms with E-state index in [1.165, 1.54) is 18.6 Å². The Morgan fingerprint density at radius 3 is 3.10 bits per heavy atom. The van der Waals surface area contributed by atoms with Gasteiger partial charge in [0.2, 0.25) is 5.76 Å². The number of aromatic carboxylic acids is 1. The van der Waals surface area contributed by atoms with E-state index in [4.69, 9.17) is 9.52 Å². The number of hydrogen-bond acceptors (Lipinski definition) is 4. The van der Waals surface area contributed by atoms with Gasteiger partial charge in [0.05, 0.1) is 0 Å². The van der Waals surface area contributed by atoms with E-state index in [9.17, 15) is 4.79 Å². The Bertz CT molecular complexity index is 617. The Balaban J connectivity index is 1.64. The first-order chi connectivity index (χ1) is 9.72. The average molecular weight is 291 g/mol. The highest BCUT2D eigenvalue weighted by atomic mass is 32.2. The normalized spacial score (nSPS) is 18.7. The van der Waals surface area contributed by atoms with Crippen molar-refractivity contribution >= 4 is 28.7 Å². The number of rotatable bonds is 5. The first-order valence-electron chi connectivity index (χ1n) is 6.80. The second-order valence-electron chi connectivity index (χ2n) is 5.05. The molecule has 1 unspecified atom stereocenters. The lowest BCUT2D eigenvalue weighted by atomic mass is 10.1. The lowest BCUT2D eigenvalue weighted by molar-refractivity contribution is 0.0665. The third kappa shape index (κ3) is 2.99. The number of carboxylic acids is 1. The number of carbonyl (C=O) groups is 1. The van der Waals surface area contributed by atoms with E-state index in [-0.39, 0.29) is 5.76 Å². The monoisotopic (exact) mass is 291 g/mol. The molecule has 2 aromatic rings. The summed E-state index contributed by atoms with van der Waals surface area (Å²) in [6.45, 7) is 1.84. The molecule has 1 fully saturated rings. The van der Waals surface area contributed by atoms with Crippen LogP contribution in [-0.4, -0.2) is 28.6 Å². The third-order valence-corrected chi connectivity index (χ3v) is 4.91. The lowest BCUT2D eigenvalue weighted by Crippen LogP contribution is -2.22. The van der Waals surface area contributed by atoms with E-state index in [0.29, 0.717) is 5.58 Å². The standard InChI is InChI=1S/C15H17NO3S/c17-15(18)14-7-11-6-10(3-4-13(11)19-14)8-16-9-12-2-1-5-20-12/h3-4,6-7,12,16H,1-2,5,8-9H2,(H,17,18). The van der Waals surface area contributed by atoms with Crippen LogP contribution in [0.15, 0.2) is 28.7 Å². The van der Waals surface area contributed by atoms with Gasteiger partial charge in [-0.2, -0.15) is 11.8 Å². The van der Waals surface area contributed by atoms with Crippen LogP contribution in [0.3, 0.4) is 0 Å². The summed E-state index contributed by atoms with van der Waals surface area (Å²) < 4.78 is 5.25. The van der Waals surface area contributed by atoms with E-state index in [1.54, 1.807) is 6.07 Å². The third-order valence-electron chi connectivity index (χ3n) is 3.52. The van der Waals surface area contributed by atoms with Gasteiger partial charge in [-0.3, -0.25) is 0 Å². The number of furan rings is 1. The molecule has 2 N–H and O–H groups in total. The van der Waals surface area contributed by atoms with Crippen LogP contribution in [0.25, 0.3) is 11.0 Å². The van der Waals surface area contributed by atoms with E-state index in [2.05, 4.69) is 5.32 Å². The van der Waals surface area contributed by atoms with Crippen LogP contribution >= 0.6 is 11.8 Å². The van der Waals surface area contributed by atoms with Crippen LogP contribution in [0.1, 0.15) is 29.0 Å². The van der Waals surface area contributed by atoms with Crippen LogP contribution in [0.4, 0.5) is 0 Å². The highest BCUT2D eigenvalue weighted by Gasteiger charge is 2.15. The molecule has 0 amide bonds. The van der Waals surface area contributed by atoms with Crippen LogP contribution in [0, 0.1) is 0 Å². The molecule has 20 heavy (non-hydrogen) atoms. The van der Waals surface area contributed by atoms with Crippen molar-refractivity contribution in [1.82, 2.24) is 5.32 Å². The molecule has 4 nitrogen and oxygen atoms in total. The Morgan fingerprint density at radius 2 is 2.35 bits per heavy atom. The van der Waals surface area contributed by atoms with Gasteiger partial charge >= 0.3 is 5.97 Å². The molecule has 1 aromatic heterocycles. The molecule has 0 radical (unpaired) electrons. The largest absolute Gasteiger partial charge is 0.475 e. The topological polar surface area (TPSA) is 62.5 Å². The maximum atomic E-state index is 10.9. The second-order valence-corrected chi connectivity index (χ2v) is 6.46. The summed E-state index contributed by atoms with van der Waals surface area (Å²) in [5.41, 5.74) is 1.77. The van der Waals surface area contributed by atoms with E-state index in [1.807, 2.05) is 30.0 Å². The molecule has 3 rings (SSSR count). The van der Waals surface area contributed by atoms with Gasteiger partial charge in [0.25, 0.3) is 0 Å². The summed E-state index contributed by atoms with van der Waals surface area (Å²) >= 11 is 2.04.